The summed E-state index contributed by atoms with van der Waals surface area (Å²) in [6.45, 7) is 0.816. The smallest absolute Gasteiger partial charge is 0.0650 e. The van der Waals surface area contributed by atoms with Gasteiger partial charge in [0.05, 0.1) is 5.69 Å². The van der Waals surface area contributed by atoms with Crippen LogP contribution < -0.4 is 5.32 Å². The highest BCUT2D eigenvalue weighted by Crippen LogP contribution is 2.19. The minimum Gasteiger partial charge on any atom is -0.381 e. The molecule has 3 aromatic rings. The van der Waals surface area contributed by atoms with Crippen LogP contribution in [-0.4, -0.2) is 10.2 Å². The van der Waals surface area contributed by atoms with Crippen LogP contribution in [0.1, 0.15) is 5.56 Å². The Balaban J connectivity index is 1.65. The monoisotopic (exact) mass is 327 g/mol. The van der Waals surface area contributed by atoms with E-state index in [1.54, 1.807) is 6.20 Å². The fraction of sp³-hybridized carbons (Fsp3) is 0.0625. The Hall–Kier alpha value is -2.07. The van der Waals surface area contributed by atoms with E-state index in [2.05, 4.69) is 80.0 Å². The van der Waals surface area contributed by atoms with Crippen molar-refractivity contribution in [1.82, 2.24) is 10.2 Å². The Bertz CT molecular complexity index is 658. The lowest BCUT2D eigenvalue weighted by atomic mass is 10.1. The number of nitrogens with one attached hydrogen (secondary N) is 2. The summed E-state index contributed by atoms with van der Waals surface area (Å²) in [6.07, 6.45) is 1.76. The summed E-state index contributed by atoms with van der Waals surface area (Å²) in [5, 5.41) is 10.3. The van der Waals surface area contributed by atoms with E-state index in [1.807, 2.05) is 6.07 Å². The lowest BCUT2D eigenvalue weighted by Gasteiger charge is -2.07. The summed E-state index contributed by atoms with van der Waals surface area (Å²) in [5.74, 6) is 0. The number of aromatic amines is 1. The summed E-state index contributed by atoms with van der Waals surface area (Å²) in [5.41, 5.74) is 4.53. The second kappa shape index (κ2) is 5.92. The van der Waals surface area contributed by atoms with Crippen LogP contribution >= 0.6 is 15.9 Å². The van der Waals surface area contributed by atoms with Gasteiger partial charge < -0.3 is 5.32 Å². The highest BCUT2D eigenvalue weighted by Gasteiger charge is 1.99. The van der Waals surface area contributed by atoms with Crippen LogP contribution in [-0.2, 0) is 6.54 Å². The summed E-state index contributed by atoms with van der Waals surface area (Å²) in [6, 6.07) is 18.6. The van der Waals surface area contributed by atoms with E-state index in [-0.39, 0.29) is 0 Å². The molecule has 1 heterocycles. The Labute approximate surface area is 126 Å². The van der Waals surface area contributed by atoms with Gasteiger partial charge in [0.15, 0.2) is 0 Å². The summed E-state index contributed by atoms with van der Waals surface area (Å²) < 4.78 is 1.10. The maximum atomic E-state index is 3.96. The summed E-state index contributed by atoms with van der Waals surface area (Å²) >= 11 is 3.44. The number of aromatic nitrogens is 2. The number of H-pyrrole nitrogens is 1. The van der Waals surface area contributed by atoms with Crippen LogP contribution in [0.2, 0.25) is 0 Å². The maximum absolute atomic E-state index is 3.96. The Morgan fingerprint density at radius 2 is 1.70 bits per heavy atom. The Morgan fingerprint density at radius 3 is 2.35 bits per heavy atom. The molecule has 0 radical (unpaired) electrons. The van der Waals surface area contributed by atoms with Crippen molar-refractivity contribution in [2.75, 3.05) is 5.32 Å². The lowest BCUT2D eigenvalue weighted by Crippen LogP contribution is -1.98. The third-order valence-corrected chi connectivity index (χ3v) is 3.64. The SMILES string of the molecule is Brc1ccc(CNc2ccc(-c3ccn[nH]3)cc2)cc1. The van der Waals surface area contributed by atoms with Gasteiger partial charge in [-0.15, -0.1) is 0 Å². The van der Waals surface area contributed by atoms with Gasteiger partial charge >= 0.3 is 0 Å². The fourth-order valence-electron chi connectivity index (χ4n) is 1.99. The highest BCUT2D eigenvalue weighted by atomic mass is 79.9. The molecule has 0 spiro atoms. The van der Waals surface area contributed by atoms with E-state index in [1.165, 1.54) is 5.56 Å². The van der Waals surface area contributed by atoms with Crippen LogP contribution in [0.5, 0.6) is 0 Å². The van der Waals surface area contributed by atoms with Crippen LogP contribution in [0, 0.1) is 0 Å². The van der Waals surface area contributed by atoms with Crippen LogP contribution in [0.25, 0.3) is 11.3 Å². The van der Waals surface area contributed by atoms with Gasteiger partial charge in [0.25, 0.3) is 0 Å². The average Bonchev–Trinajstić information content (AvgIpc) is 3.01. The molecule has 2 N–H and O–H groups in total. The molecule has 1 aromatic heterocycles. The van der Waals surface area contributed by atoms with Gasteiger partial charge in [0.1, 0.15) is 0 Å². The summed E-state index contributed by atoms with van der Waals surface area (Å²) in [4.78, 5) is 0. The standard InChI is InChI=1S/C16H14BrN3/c17-14-5-1-12(2-6-14)11-18-15-7-3-13(4-8-15)16-9-10-19-20-16/h1-10,18H,11H2,(H,19,20). The van der Waals surface area contributed by atoms with E-state index in [0.717, 1.165) is 28.0 Å². The number of anilines is 1. The third-order valence-electron chi connectivity index (χ3n) is 3.11. The van der Waals surface area contributed by atoms with Crippen LogP contribution in [0.3, 0.4) is 0 Å². The first kappa shape index (κ1) is 12.9. The van der Waals surface area contributed by atoms with Crippen molar-refractivity contribution in [1.29, 1.82) is 0 Å². The molecule has 0 atom stereocenters. The zero-order valence-corrected chi connectivity index (χ0v) is 12.4. The van der Waals surface area contributed by atoms with E-state index in [4.69, 9.17) is 0 Å². The van der Waals surface area contributed by atoms with Gasteiger partial charge in [-0.3, -0.25) is 5.10 Å². The number of rotatable bonds is 4. The topological polar surface area (TPSA) is 40.7 Å². The van der Waals surface area contributed by atoms with Crippen molar-refractivity contribution in [3.8, 4) is 11.3 Å². The molecule has 2 aromatic carbocycles. The lowest BCUT2D eigenvalue weighted by molar-refractivity contribution is 1.09. The predicted molar refractivity (Wildman–Crippen MR) is 85.5 cm³/mol. The molecule has 0 saturated heterocycles. The largest absolute Gasteiger partial charge is 0.381 e. The van der Waals surface area contributed by atoms with Crippen molar-refractivity contribution in [2.24, 2.45) is 0 Å². The molecule has 0 aliphatic rings. The third kappa shape index (κ3) is 3.08. The van der Waals surface area contributed by atoms with Gasteiger partial charge in [-0.25, -0.2) is 0 Å². The fourth-order valence-corrected chi connectivity index (χ4v) is 2.26. The molecule has 0 bridgehead atoms. The quantitative estimate of drug-likeness (QED) is 0.743. The van der Waals surface area contributed by atoms with Gasteiger partial charge in [0.2, 0.25) is 0 Å². The Kier molecular flexibility index (Phi) is 3.83. The number of benzene rings is 2. The highest BCUT2D eigenvalue weighted by molar-refractivity contribution is 9.10. The molecule has 0 fully saturated rings. The number of hydrogen-bond donors (Lipinski definition) is 2. The second-order valence-electron chi connectivity index (χ2n) is 4.53. The normalized spacial score (nSPS) is 10.4. The van der Waals surface area contributed by atoms with Crippen LogP contribution in [0.15, 0.2) is 65.3 Å². The van der Waals surface area contributed by atoms with Crippen molar-refractivity contribution < 1.29 is 0 Å². The van der Waals surface area contributed by atoms with Crippen molar-refractivity contribution in [3.63, 3.8) is 0 Å². The zero-order valence-electron chi connectivity index (χ0n) is 10.8. The number of nitrogens with zero attached hydrogens (tertiary/aromatic N) is 1. The average molecular weight is 328 g/mol. The van der Waals surface area contributed by atoms with Gasteiger partial charge in [0, 0.05) is 22.9 Å². The molecule has 0 amide bonds. The van der Waals surface area contributed by atoms with Crippen molar-refractivity contribution >= 4 is 21.6 Å². The maximum Gasteiger partial charge on any atom is 0.0650 e. The first-order valence-corrected chi connectivity index (χ1v) is 7.19. The van der Waals surface area contributed by atoms with E-state index in [0.29, 0.717) is 0 Å². The number of hydrogen-bond acceptors (Lipinski definition) is 2. The Morgan fingerprint density at radius 1 is 0.950 bits per heavy atom. The molecule has 100 valence electrons. The van der Waals surface area contributed by atoms with Gasteiger partial charge in [-0.05, 0) is 41.5 Å². The second-order valence-corrected chi connectivity index (χ2v) is 5.44. The molecule has 0 saturated carbocycles. The van der Waals surface area contributed by atoms with Crippen LogP contribution in [0.4, 0.5) is 5.69 Å². The van der Waals surface area contributed by atoms with Gasteiger partial charge in [-0.1, -0.05) is 40.2 Å². The zero-order chi connectivity index (χ0) is 13.8. The van der Waals surface area contributed by atoms with E-state index < -0.39 is 0 Å². The first-order valence-electron chi connectivity index (χ1n) is 6.39. The molecule has 20 heavy (non-hydrogen) atoms. The number of halogens is 1. The first-order chi connectivity index (χ1) is 9.81. The molecule has 0 aliphatic carbocycles. The predicted octanol–water partition coefficient (Wildman–Crippen LogP) is 4.45. The van der Waals surface area contributed by atoms with Gasteiger partial charge in [-0.2, -0.15) is 5.10 Å². The molecule has 4 heteroatoms. The minimum absolute atomic E-state index is 0.816. The molecule has 0 unspecified atom stereocenters. The minimum atomic E-state index is 0.816. The van der Waals surface area contributed by atoms with Crippen molar-refractivity contribution in [3.05, 3.63) is 70.8 Å². The molecule has 3 rings (SSSR count). The summed E-state index contributed by atoms with van der Waals surface area (Å²) in [7, 11) is 0. The molecule has 0 aliphatic heterocycles. The van der Waals surface area contributed by atoms with Crippen molar-refractivity contribution in [2.45, 2.75) is 6.54 Å². The molecular weight excluding hydrogens is 314 g/mol. The molecule has 3 nitrogen and oxygen atoms in total. The van der Waals surface area contributed by atoms with E-state index in [9.17, 15) is 0 Å². The molecular formula is C16H14BrN3. The van der Waals surface area contributed by atoms with E-state index >= 15 is 0 Å².